The molecule has 1 N–H and O–H groups in total. The molecule has 3 amide bonds. The van der Waals surface area contributed by atoms with E-state index in [0.29, 0.717) is 30.2 Å². The van der Waals surface area contributed by atoms with Gasteiger partial charge in [0.25, 0.3) is 5.91 Å². The minimum Gasteiger partial charge on any atom is -0.394 e. The smallest absolute Gasteiger partial charge is 0.251 e. The number of carbonyl (C=O) groups is 3. The van der Waals surface area contributed by atoms with Gasteiger partial charge in [0.2, 0.25) is 11.8 Å². The number of thioether (sulfide) groups is 1. The summed E-state index contributed by atoms with van der Waals surface area (Å²) in [7, 11) is 0. The van der Waals surface area contributed by atoms with Gasteiger partial charge < -0.3 is 19.8 Å². The number of halogens is 1. The molecule has 0 radical (unpaired) electrons. The summed E-state index contributed by atoms with van der Waals surface area (Å²) in [5.74, 6) is -1.66. The van der Waals surface area contributed by atoms with Gasteiger partial charge in [-0.15, -0.1) is 24.9 Å². The minimum atomic E-state index is -0.834. The number of hydrogen-bond acceptors (Lipinski definition) is 5. The van der Waals surface area contributed by atoms with Gasteiger partial charge in [0.15, 0.2) is 0 Å². The second-order valence-electron chi connectivity index (χ2n) is 11.2. The molecule has 0 saturated carbocycles. The Morgan fingerprint density at radius 1 is 1.23 bits per heavy atom. The lowest BCUT2D eigenvalue weighted by Crippen LogP contribution is -2.58. The fourth-order valence-electron chi connectivity index (χ4n) is 7.01. The Bertz CT molecular complexity index is 1150. The van der Waals surface area contributed by atoms with E-state index in [4.69, 9.17) is 11.6 Å². The molecule has 7 nitrogen and oxygen atoms in total. The van der Waals surface area contributed by atoms with Crippen molar-refractivity contribution in [2.45, 2.75) is 68.5 Å². The van der Waals surface area contributed by atoms with Gasteiger partial charge in [0.05, 0.1) is 39.9 Å². The molecule has 3 saturated heterocycles. The first-order valence-electron chi connectivity index (χ1n) is 14.4. The Balaban J connectivity index is 1.84. The van der Waals surface area contributed by atoms with Crippen molar-refractivity contribution in [3.8, 4) is 0 Å². The first-order valence-corrected chi connectivity index (χ1v) is 15.6. The first-order chi connectivity index (χ1) is 19.2. The normalized spacial score (nSPS) is 28.2. The summed E-state index contributed by atoms with van der Waals surface area (Å²) >= 11 is 8.21. The molecule has 2 unspecified atom stereocenters. The predicted octanol–water partition coefficient (Wildman–Crippen LogP) is 4.78. The van der Waals surface area contributed by atoms with Crippen LogP contribution < -0.4 is 4.90 Å². The SMILES string of the molecule is C=CCN(CCC)C(=O)[C@@H]1[C@H]2C(=O)N([C@@H](CO)[C@@H](C)CC)C(C(=O)N(CC=C)c3ccccc3Cl)C23CC[C@H]1S3. The third-order valence-electron chi connectivity index (χ3n) is 8.98. The van der Waals surface area contributed by atoms with Crippen LogP contribution in [0.2, 0.25) is 5.02 Å². The number of likely N-dealkylation sites (tertiary alicyclic amines) is 1. The van der Waals surface area contributed by atoms with Crippen LogP contribution in [0.4, 0.5) is 5.69 Å². The summed E-state index contributed by atoms with van der Waals surface area (Å²) < 4.78 is -0.757. The van der Waals surface area contributed by atoms with Crippen molar-refractivity contribution in [3.63, 3.8) is 0 Å². The maximum atomic E-state index is 14.7. The van der Waals surface area contributed by atoms with Gasteiger partial charge >= 0.3 is 0 Å². The lowest BCUT2D eigenvalue weighted by molar-refractivity contribution is -0.146. The molecule has 0 aromatic heterocycles. The maximum absolute atomic E-state index is 14.7. The molecule has 3 heterocycles. The first kappa shape index (κ1) is 30.7. The fraction of sp³-hybridized carbons (Fsp3) is 0.581. The second kappa shape index (κ2) is 12.7. The summed E-state index contributed by atoms with van der Waals surface area (Å²) in [4.78, 5) is 48.4. The number of rotatable bonds is 13. The molecule has 218 valence electrons. The maximum Gasteiger partial charge on any atom is 0.251 e. The average molecular weight is 588 g/mol. The predicted molar refractivity (Wildman–Crippen MR) is 162 cm³/mol. The van der Waals surface area contributed by atoms with E-state index in [1.165, 1.54) is 0 Å². The number of anilines is 1. The average Bonchev–Trinajstić information content (AvgIpc) is 3.59. The number of fused-ring (bicyclic) bond motifs is 1. The van der Waals surface area contributed by atoms with E-state index in [0.717, 1.165) is 19.3 Å². The van der Waals surface area contributed by atoms with Crippen LogP contribution in [0.15, 0.2) is 49.6 Å². The number of nitrogens with zero attached hydrogens (tertiary/aromatic N) is 3. The molecule has 0 aliphatic carbocycles. The van der Waals surface area contributed by atoms with Crippen molar-refractivity contribution >= 4 is 46.8 Å². The van der Waals surface area contributed by atoms with E-state index in [1.54, 1.807) is 50.7 Å². The number of aliphatic hydroxyl groups excluding tert-OH is 1. The van der Waals surface area contributed by atoms with E-state index in [2.05, 4.69) is 13.2 Å². The molecule has 7 atom stereocenters. The van der Waals surface area contributed by atoms with Gasteiger partial charge in [-0.1, -0.05) is 63.1 Å². The van der Waals surface area contributed by atoms with Crippen LogP contribution in [0.3, 0.4) is 0 Å². The molecule has 2 bridgehead atoms. The zero-order valence-electron chi connectivity index (χ0n) is 23.8. The van der Waals surface area contributed by atoms with Gasteiger partial charge in [-0.3, -0.25) is 14.4 Å². The molecule has 9 heteroatoms. The summed E-state index contributed by atoms with van der Waals surface area (Å²) in [6, 6.07) is 5.79. The summed E-state index contributed by atoms with van der Waals surface area (Å²) in [6.07, 6.45) is 6.33. The molecule has 40 heavy (non-hydrogen) atoms. The van der Waals surface area contributed by atoms with Crippen molar-refractivity contribution in [2.24, 2.45) is 17.8 Å². The van der Waals surface area contributed by atoms with Crippen molar-refractivity contribution in [1.29, 1.82) is 0 Å². The molecule has 1 aromatic rings. The highest BCUT2D eigenvalue weighted by Crippen LogP contribution is 2.67. The minimum absolute atomic E-state index is 0.0348. The van der Waals surface area contributed by atoms with E-state index >= 15 is 0 Å². The van der Waals surface area contributed by atoms with Gasteiger partial charge in [0, 0.05) is 24.9 Å². The monoisotopic (exact) mass is 587 g/mol. The zero-order valence-corrected chi connectivity index (χ0v) is 25.4. The third kappa shape index (κ3) is 5.01. The van der Waals surface area contributed by atoms with Crippen molar-refractivity contribution in [2.75, 3.05) is 31.1 Å². The van der Waals surface area contributed by atoms with Gasteiger partial charge in [-0.25, -0.2) is 0 Å². The highest BCUT2D eigenvalue weighted by Gasteiger charge is 2.74. The largest absolute Gasteiger partial charge is 0.394 e. The summed E-state index contributed by atoms with van der Waals surface area (Å²) in [5.41, 5.74) is 0.552. The number of aliphatic hydroxyl groups is 1. The Morgan fingerprint density at radius 3 is 2.52 bits per heavy atom. The van der Waals surface area contributed by atoms with E-state index in [9.17, 15) is 19.5 Å². The summed E-state index contributed by atoms with van der Waals surface area (Å²) in [5, 5.41) is 11.0. The van der Waals surface area contributed by atoms with Crippen LogP contribution >= 0.6 is 23.4 Å². The third-order valence-corrected chi connectivity index (χ3v) is 11.2. The van der Waals surface area contributed by atoms with Crippen molar-refractivity contribution in [1.82, 2.24) is 9.80 Å². The lowest BCUT2D eigenvalue weighted by Gasteiger charge is -2.41. The quantitative estimate of drug-likeness (QED) is 0.336. The van der Waals surface area contributed by atoms with Crippen LogP contribution in [0.25, 0.3) is 0 Å². The van der Waals surface area contributed by atoms with Crippen LogP contribution in [0, 0.1) is 17.8 Å². The summed E-state index contributed by atoms with van der Waals surface area (Å²) in [6.45, 7) is 14.7. The number of hydrogen-bond donors (Lipinski definition) is 1. The Morgan fingerprint density at radius 2 is 1.93 bits per heavy atom. The van der Waals surface area contributed by atoms with E-state index in [1.807, 2.05) is 32.9 Å². The van der Waals surface area contributed by atoms with Crippen LogP contribution in [0.1, 0.15) is 46.5 Å². The molecule has 4 rings (SSSR count). The molecule has 3 fully saturated rings. The van der Waals surface area contributed by atoms with Crippen molar-refractivity contribution in [3.05, 3.63) is 54.6 Å². The van der Waals surface area contributed by atoms with Crippen LogP contribution in [-0.2, 0) is 14.4 Å². The van der Waals surface area contributed by atoms with Gasteiger partial charge in [-0.2, -0.15) is 0 Å². The van der Waals surface area contributed by atoms with E-state index < -0.39 is 28.7 Å². The molecule has 3 aliphatic heterocycles. The Labute approximate surface area is 247 Å². The van der Waals surface area contributed by atoms with Crippen LogP contribution in [-0.4, -0.2) is 80.9 Å². The molecule has 3 aliphatic rings. The van der Waals surface area contributed by atoms with Crippen molar-refractivity contribution < 1.29 is 19.5 Å². The fourth-order valence-corrected chi connectivity index (χ4v) is 9.44. The molecular weight excluding hydrogens is 546 g/mol. The van der Waals surface area contributed by atoms with Gasteiger partial charge in [-0.05, 0) is 37.3 Å². The number of benzene rings is 1. The Kier molecular flexibility index (Phi) is 9.74. The molecule has 1 spiro atoms. The Hall–Kier alpha value is -2.29. The van der Waals surface area contributed by atoms with Gasteiger partial charge in [0.1, 0.15) is 6.04 Å². The number of amides is 3. The topological polar surface area (TPSA) is 81.2 Å². The van der Waals surface area contributed by atoms with Crippen LogP contribution in [0.5, 0.6) is 0 Å². The number of para-hydroxylation sites is 1. The molecule has 1 aromatic carbocycles. The van der Waals surface area contributed by atoms with E-state index in [-0.39, 0.29) is 42.0 Å². The highest BCUT2D eigenvalue weighted by molar-refractivity contribution is 8.02. The lowest BCUT2D eigenvalue weighted by atomic mass is 9.70. The number of carbonyl (C=O) groups excluding carboxylic acids is 3. The zero-order chi connectivity index (χ0) is 29.2. The second-order valence-corrected chi connectivity index (χ2v) is 13.2. The standard InChI is InChI=1S/C31H42ClN3O4S/c1-6-16-33(17-7-2)28(37)25-24-14-15-31(40-24)26(25)29(38)35(23(19-36)20(5)9-4)27(31)30(39)34(18-8-3)22-13-11-10-12-21(22)32/h6,8,10-13,20,23-27,36H,1,3,7,9,14-19H2,2,4-5H3/t20-,23-,24+,25-,26-,27?,31?/m0/s1. The highest BCUT2D eigenvalue weighted by atomic mass is 35.5. The molecular formula is C31H42ClN3O4S.